The third-order valence-corrected chi connectivity index (χ3v) is 5.85. The maximum atomic E-state index is 10.6. The van der Waals surface area contributed by atoms with E-state index in [9.17, 15) is 5.11 Å². The molecule has 1 N–H and O–H groups in total. The summed E-state index contributed by atoms with van der Waals surface area (Å²) in [7, 11) is 1.81. The summed E-state index contributed by atoms with van der Waals surface area (Å²) in [5.74, 6) is 0.908. The standard InChI is InChI=1S/C17H24O2/c1-16-11-17(2,19-3)13(10-15(16)18)9-14(16)12-7-5-4-6-8-12/h4-8,13-15,18H,9-11H2,1-3H3/t13-,14-,15?,16+,17-/m1/s1. The Balaban J connectivity index is 1.99. The average molecular weight is 260 g/mol. The molecule has 104 valence electrons. The van der Waals surface area contributed by atoms with Crippen LogP contribution in [-0.4, -0.2) is 23.9 Å². The van der Waals surface area contributed by atoms with Crippen LogP contribution in [0.5, 0.6) is 0 Å². The van der Waals surface area contributed by atoms with Crippen LogP contribution in [0.3, 0.4) is 0 Å². The van der Waals surface area contributed by atoms with Crippen molar-refractivity contribution in [3.63, 3.8) is 0 Å². The molecule has 5 atom stereocenters. The highest BCUT2D eigenvalue weighted by atomic mass is 16.5. The summed E-state index contributed by atoms with van der Waals surface area (Å²) in [4.78, 5) is 0. The van der Waals surface area contributed by atoms with Crippen LogP contribution in [0.4, 0.5) is 0 Å². The zero-order valence-corrected chi connectivity index (χ0v) is 12.1. The van der Waals surface area contributed by atoms with Gasteiger partial charge in [0, 0.05) is 12.5 Å². The lowest BCUT2D eigenvalue weighted by molar-refractivity contribution is -0.194. The SMILES string of the molecule is CO[C@]1(C)C[C@]2(C)C(O)C[C@H]1C[C@@H]2c1ccccc1. The summed E-state index contributed by atoms with van der Waals surface area (Å²) in [6.07, 6.45) is 2.74. The van der Waals surface area contributed by atoms with E-state index in [2.05, 4.69) is 44.2 Å². The van der Waals surface area contributed by atoms with E-state index in [-0.39, 0.29) is 17.1 Å². The maximum Gasteiger partial charge on any atom is 0.0686 e. The van der Waals surface area contributed by atoms with E-state index in [1.165, 1.54) is 5.56 Å². The van der Waals surface area contributed by atoms with Crippen LogP contribution in [-0.2, 0) is 4.74 Å². The van der Waals surface area contributed by atoms with Crippen LogP contribution < -0.4 is 0 Å². The first-order valence-electron chi connectivity index (χ1n) is 7.28. The molecule has 0 spiro atoms. The number of aliphatic hydroxyl groups is 1. The number of aliphatic hydroxyl groups excluding tert-OH is 1. The monoisotopic (exact) mass is 260 g/mol. The number of methoxy groups -OCH3 is 1. The predicted molar refractivity (Wildman–Crippen MR) is 76.1 cm³/mol. The van der Waals surface area contributed by atoms with Gasteiger partial charge < -0.3 is 9.84 Å². The van der Waals surface area contributed by atoms with E-state index in [0.717, 1.165) is 19.3 Å². The fourth-order valence-electron chi connectivity index (χ4n) is 4.50. The van der Waals surface area contributed by atoms with Crippen LogP contribution in [0.25, 0.3) is 0 Å². The lowest BCUT2D eigenvalue weighted by Gasteiger charge is -2.60. The van der Waals surface area contributed by atoms with Crippen molar-refractivity contribution in [3.05, 3.63) is 35.9 Å². The fourth-order valence-corrected chi connectivity index (χ4v) is 4.50. The first kappa shape index (κ1) is 13.1. The molecule has 19 heavy (non-hydrogen) atoms. The summed E-state index contributed by atoms with van der Waals surface area (Å²) in [5, 5.41) is 10.6. The number of benzene rings is 1. The van der Waals surface area contributed by atoms with Gasteiger partial charge in [-0.05, 0) is 43.6 Å². The van der Waals surface area contributed by atoms with Gasteiger partial charge in [0.25, 0.3) is 0 Å². The second-order valence-corrected chi connectivity index (χ2v) is 6.85. The zero-order valence-electron chi connectivity index (χ0n) is 12.1. The number of fused-ring (bicyclic) bond motifs is 3. The smallest absolute Gasteiger partial charge is 0.0686 e. The lowest BCUT2D eigenvalue weighted by Crippen LogP contribution is -2.60. The Bertz CT molecular complexity index is 458. The molecule has 0 aromatic heterocycles. The molecule has 3 fully saturated rings. The molecule has 0 amide bonds. The van der Waals surface area contributed by atoms with Crippen molar-refractivity contribution >= 4 is 0 Å². The normalized spacial score (nSPS) is 45.4. The Morgan fingerprint density at radius 1 is 1.16 bits per heavy atom. The van der Waals surface area contributed by atoms with Crippen molar-refractivity contribution in [2.24, 2.45) is 11.3 Å². The van der Waals surface area contributed by atoms with Crippen molar-refractivity contribution in [1.29, 1.82) is 0 Å². The molecule has 2 heteroatoms. The van der Waals surface area contributed by atoms with E-state index in [1.807, 2.05) is 7.11 Å². The van der Waals surface area contributed by atoms with Gasteiger partial charge in [-0.15, -0.1) is 0 Å². The molecular formula is C17H24O2. The highest BCUT2D eigenvalue weighted by molar-refractivity contribution is 5.27. The van der Waals surface area contributed by atoms with Gasteiger partial charge >= 0.3 is 0 Å². The Morgan fingerprint density at radius 3 is 2.47 bits per heavy atom. The van der Waals surface area contributed by atoms with Gasteiger partial charge in [0.15, 0.2) is 0 Å². The van der Waals surface area contributed by atoms with Gasteiger partial charge in [-0.1, -0.05) is 37.3 Å². The van der Waals surface area contributed by atoms with E-state index >= 15 is 0 Å². The summed E-state index contributed by atoms with van der Waals surface area (Å²) in [5.41, 5.74) is 1.23. The molecule has 0 heterocycles. The largest absolute Gasteiger partial charge is 0.393 e. The Hall–Kier alpha value is -0.860. The Morgan fingerprint density at radius 2 is 1.84 bits per heavy atom. The minimum atomic E-state index is -0.209. The van der Waals surface area contributed by atoms with Gasteiger partial charge in [0.1, 0.15) is 0 Å². The number of hydrogen-bond acceptors (Lipinski definition) is 2. The van der Waals surface area contributed by atoms with Gasteiger partial charge in [-0.2, -0.15) is 0 Å². The molecule has 3 saturated carbocycles. The van der Waals surface area contributed by atoms with Crippen LogP contribution in [0.15, 0.2) is 30.3 Å². The predicted octanol–water partition coefficient (Wildman–Crippen LogP) is 3.36. The third kappa shape index (κ3) is 1.85. The summed E-state index contributed by atoms with van der Waals surface area (Å²) < 4.78 is 5.80. The Labute approximate surface area is 115 Å². The fraction of sp³-hybridized carbons (Fsp3) is 0.647. The molecule has 2 nitrogen and oxygen atoms in total. The molecule has 4 rings (SSSR count). The van der Waals surface area contributed by atoms with Crippen LogP contribution in [0.2, 0.25) is 0 Å². The second kappa shape index (κ2) is 4.32. The molecule has 0 aliphatic heterocycles. The van der Waals surface area contributed by atoms with Crippen LogP contribution >= 0.6 is 0 Å². The number of hydrogen-bond donors (Lipinski definition) is 1. The van der Waals surface area contributed by atoms with Gasteiger partial charge in [0.05, 0.1) is 11.7 Å². The molecule has 2 bridgehead atoms. The molecule has 1 unspecified atom stereocenters. The van der Waals surface area contributed by atoms with Crippen molar-refractivity contribution in [2.75, 3.05) is 7.11 Å². The van der Waals surface area contributed by atoms with E-state index in [4.69, 9.17) is 4.74 Å². The van der Waals surface area contributed by atoms with Crippen molar-refractivity contribution in [3.8, 4) is 0 Å². The van der Waals surface area contributed by atoms with Gasteiger partial charge in [-0.25, -0.2) is 0 Å². The van der Waals surface area contributed by atoms with Crippen LogP contribution in [0.1, 0.15) is 44.6 Å². The topological polar surface area (TPSA) is 29.5 Å². The van der Waals surface area contributed by atoms with Gasteiger partial charge in [-0.3, -0.25) is 0 Å². The molecule has 3 aliphatic carbocycles. The summed E-state index contributed by atoms with van der Waals surface area (Å²) in [6.45, 7) is 4.45. The van der Waals surface area contributed by atoms with Crippen molar-refractivity contribution in [1.82, 2.24) is 0 Å². The minimum absolute atomic E-state index is 0.0686. The quantitative estimate of drug-likeness (QED) is 0.883. The minimum Gasteiger partial charge on any atom is -0.393 e. The third-order valence-electron chi connectivity index (χ3n) is 5.85. The van der Waals surface area contributed by atoms with E-state index in [0.29, 0.717) is 11.8 Å². The van der Waals surface area contributed by atoms with Crippen LogP contribution in [0, 0.1) is 11.3 Å². The lowest BCUT2D eigenvalue weighted by atomic mass is 9.48. The summed E-state index contributed by atoms with van der Waals surface area (Å²) >= 11 is 0. The zero-order chi connectivity index (χ0) is 13.7. The molecule has 3 aliphatic rings. The Kier molecular flexibility index (Phi) is 2.99. The number of rotatable bonds is 2. The van der Waals surface area contributed by atoms with Crippen molar-refractivity contribution < 1.29 is 9.84 Å². The first-order chi connectivity index (χ1) is 8.99. The molecule has 1 aromatic carbocycles. The van der Waals surface area contributed by atoms with Gasteiger partial charge in [0.2, 0.25) is 0 Å². The first-order valence-corrected chi connectivity index (χ1v) is 7.28. The average Bonchev–Trinajstić information content (AvgIpc) is 2.41. The molecule has 0 radical (unpaired) electrons. The number of ether oxygens (including phenoxy) is 1. The highest BCUT2D eigenvalue weighted by Gasteiger charge is 2.59. The molecule has 1 aromatic rings. The maximum absolute atomic E-state index is 10.6. The van der Waals surface area contributed by atoms with E-state index in [1.54, 1.807) is 0 Å². The van der Waals surface area contributed by atoms with E-state index < -0.39 is 0 Å². The summed E-state index contributed by atoms with van der Waals surface area (Å²) in [6, 6.07) is 10.7. The van der Waals surface area contributed by atoms with Crippen molar-refractivity contribution in [2.45, 2.75) is 50.7 Å². The molecular weight excluding hydrogens is 236 g/mol. The second-order valence-electron chi connectivity index (χ2n) is 6.85. The molecule has 0 saturated heterocycles. The highest BCUT2D eigenvalue weighted by Crippen LogP contribution is 2.61.